The van der Waals surface area contributed by atoms with Crippen LogP contribution < -0.4 is 21.5 Å². The number of nitrogens with one attached hydrogen (secondary N) is 3. The van der Waals surface area contributed by atoms with Crippen LogP contribution in [-0.4, -0.2) is 54.4 Å². The molecule has 5 rings (SSSR count). The van der Waals surface area contributed by atoms with E-state index in [9.17, 15) is 14.7 Å². The highest BCUT2D eigenvalue weighted by Gasteiger charge is 2.31. The zero-order chi connectivity index (χ0) is 22.9. The molecule has 0 bridgehead atoms. The zero-order valence-electron chi connectivity index (χ0n) is 17.8. The van der Waals surface area contributed by atoms with Gasteiger partial charge in [0.05, 0.1) is 18.3 Å². The molecule has 0 spiro atoms. The lowest BCUT2D eigenvalue weighted by atomic mass is 9.89. The van der Waals surface area contributed by atoms with Gasteiger partial charge in [0.2, 0.25) is 0 Å². The molecule has 1 amide bonds. The number of aliphatic hydroxyl groups is 1. The van der Waals surface area contributed by atoms with E-state index in [2.05, 4.69) is 31.0 Å². The van der Waals surface area contributed by atoms with Gasteiger partial charge < -0.3 is 21.1 Å². The summed E-state index contributed by atoms with van der Waals surface area (Å²) in [7, 11) is 1.72. The van der Waals surface area contributed by atoms with Crippen LogP contribution in [0, 0.1) is 0 Å². The molecule has 0 aromatic carbocycles. The molecule has 4 heterocycles. The molecule has 1 fully saturated rings. The summed E-state index contributed by atoms with van der Waals surface area (Å²) >= 11 is 0. The standard InChI is InChI=1S/C22H22N8O3/c1-23-19-11-17(26-15-5-4-10-29(22(15)33)18-6-2-3-9-24-18)28-20-13(12-25-30(19)20)21(32)27-14-7-8-16(14)31/h2-6,9-12,14,16,23,31H,7-8H2,1H3,(H,26,28)(H,27,32)/t14?,16-/m1/s1. The summed E-state index contributed by atoms with van der Waals surface area (Å²) in [6.07, 6.45) is 5.55. The number of pyridine rings is 2. The van der Waals surface area contributed by atoms with E-state index < -0.39 is 6.10 Å². The maximum Gasteiger partial charge on any atom is 0.279 e. The molecule has 33 heavy (non-hydrogen) atoms. The predicted octanol–water partition coefficient (Wildman–Crippen LogP) is 1.31. The van der Waals surface area contributed by atoms with Gasteiger partial charge in [-0.25, -0.2) is 9.97 Å². The Balaban J connectivity index is 1.50. The molecule has 11 heteroatoms. The minimum absolute atomic E-state index is 0.271. The Morgan fingerprint density at radius 3 is 2.79 bits per heavy atom. The van der Waals surface area contributed by atoms with Gasteiger partial charge in [-0.1, -0.05) is 6.07 Å². The van der Waals surface area contributed by atoms with E-state index in [-0.39, 0.29) is 23.1 Å². The number of rotatable bonds is 6. The van der Waals surface area contributed by atoms with Crippen LogP contribution in [0.25, 0.3) is 11.5 Å². The zero-order valence-corrected chi connectivity index (χ0v) is 17.8. The molecule has 0 saturated heterocycles. The first-order valence-electron chi connectivity index (χ1n) is 10.5. The third-order valence-corrected chi connectivity index (χ3v) is 5.63. The quantitative estimate of drug-likeness (QED) is 0.348. The molecule has 1 saturated carbocycles. The average molecular weight is 446 g/mol. The number of fused-ring (bicyclic) bond motifs is 1. The Hall–Kier alpha value is -4.25. The average Bonchev–Trinajstić information content (AvgIpc) is 3.27. The van der Waals surface area contributed by atoms with Crippen molar-refractivity contribution in [1.29, 1.82) is 0 Å². The lowest BCUT2D eigenvalue weighted by Gasteiger charge is -2.32. The molecule has 2 atom stereocenters. The van der Waals surface area contributed by atoms with Crippen LogP contribution in [0.4, 0.5) is 17.3 Å². The summed E-state index contributed by atoms with van der Waals surface area (Å²) in [5, 5.41) is 22.9. The van der Waals surface area contributed by atoms with E-state index >= 15 is 0 Å². The number of nitrogens with zero attached hydrogens (tertiary/aromatic N) is 5. The number of hydrogen-bond donors (Lipinski definition) is 4. The van der Waals surface area contributed by atoms with Gasteiger partial charge in [-0.2, -0.15) is 9.61 Å². The number of hydrogen-bond acceptors (Lipinski definition) is 8. The minimum Gasteiger partial charge on any atom is -0.391 e. The van der Waals surface area contributed by atoms with Crippen LogP contribution in [0.5, 0.6) is 0 Å². The highest BCUT2D eigenvalue weighted by Crippen LogP contribution is 2.23. The third kappa shape index (κ3) is 3.78. The molecular weight excluding hydrogens is 424 g/mol. The van der Waals surface area contributed by atoms with E-state index in [4.69, 9.17) is 0 Å². The summed E-state index contributed by atoms with van der Waals surface area (Å²) in [6, 6.07) is 10.1. The predicted molar refractivity (Wildman–Crippen MR) is 122 cm³/mol. The van der Waals surface area contributed by atoms with Crippen molar-refractivity contribution in [2.75, 3.05) is 17.7 Å². The van der Waals surface area contributed by atoms with E-state index in [0.717, 1.165) is 6.42 Å². The van der Waals surface area contributed by atoms with Gasteiger partial charge >= 0.3 is 0 Å². The molecule has 11 nitrogen and oxygen atoms in total. The molecule has 4 aromatic heterocycles. The lowest BCUT2D eigenvalue weighted by molar-refractivity contribution is 0.0448. The molecule has 0 aliphatic heterocycles. The van der Waals surface area contributed by atoms with Gasteiger partial charge in [0.25, 0.3) is 11.5 Å². The van der Waals surface area contributed by atoms with Crippen molar-refractivity contribution in [1.82, 2.24) is 29.5 Å². The monoisotopic (exact) mass is 446 g/mol. The van der Waals surface area contributed by atoms with Gasteiger partial charge in [-0.05, 0) is 37.1 Å². The van der Waals surface area contributed by atoms with Crippen molar-refractivity contribution in [3.63, 3.8) is 0 Å². The van der Waals surface area contributed by atoms with Gasteiger partial charge in [-0.15, -0.1) is 0 Å². The van der Waals surface area contributed by atoms with Crippen LogP contribution in [0.2, 0.25) is 0 Å². The van der Waals surface area contributed by atoms with Crippen molar-refractivity contribution in [2.45, 2.75) is 25.0 Å². The maximum atomic E-state index is 13.0. The Labute approximate surface area is 188 Å². The first-order chi connectivity index (χ1) is 16.0. The fourth-order valence-corrected chi connectivity index (χ4v) is 3.67. The van der Waals surface area contributed by atoms with Crippen LogP contribution in [0.1, 0.15) is 23.2 Å². The molecule has 1 aliphatic rings. The first-order valence-corrected chi connectivity index (χ1v) is 10.5. The first kappa shape index (κ1) is 20.6. The van der Waals surface area contributed by atoms with Crippen LogP contribution in [0.3, 0.4) is 0 Å². The largest absolute Gasteiger partial charge is 0.391 e. The van der Waals surface area contributed by atoms with Crippen molar-refractivity contribution in [2.24, 2.45) is 0 Å². The number of aliphatic hydroxyl groups excluding tert-OH is 1. The fourth-order valence-electron chi connectivity index (χ4n) is 3.67. The van der Waals surface area contributed by atoms with Gasteiger partial charge in [0.1, 0.15) is 28.7 Å². The summed E-state index contributed by atoms with van der Waals surface area (Å²) in [5.74, 6) is 1.07. The lowest BCUT2D eigenvalue weighted by Crippen LogP contribution is -2.50. The van der Waals surface area contributed by atoms with Crippen LogP contribution >= 0.6 is 0 Å². The van der Waals surface area contributed by atoms with Crippen molar-refractivity contribution in [3.05, 3.63) is 70.9 Å². The molecular formula is C22H22N8O3. The van der Waals surface area contributed by atoms with Crippen molar-refractivity contribution >= 4 is 28.9 Å². The number of carbonyl (C=O) groups is 1. The second-order valence-electron chi connectivity index (χ2n) is 7.70. The molecule has 4 aromatic rings. The van der Waals surface area contributed by atoms with E-state index in [0.29, 0.717) is 35.2 Å². The fraction of sp³-hybridized carbons (Fsp3) is 0.227. The molecule has 168 valence electrons. The van der Waals surface area contributed by atoms with E-state index in [1.165, 1.54) is 15.3 Å². The molecule has 1 unspecified atom stereocenters. The number of aromatic nitrogens is 5. The molecule has 4 N–H and O–H groups in total. The van der Waals surface area contributed by atoms with Crippen LogP contribution in [-0.2, 0) is 0 Å². The smallest absolute Gasteiger partial charge is 0.279 e. The van der Waals surface area contributed by atoms with Gasteiger partial charge in [-0.3, -0.25) is 14.2 Å². The van der Waals surface area contributed by atoms with Crippen molar-refractivity contribution < 1.29 is 9.90 Å². The SMILES string of the molecule is CNc1cc(Nc2cccn(-c3ccccn3)c2=O)nc2c(C(=O)NC3CC[C@H]3O)cnn12. The Morgan fingerprint density at radius 1 is 1.21 bits per heavy atom. The maximum absolute atomic E-state index is 13.0. The van der Waals surface area contributed by atoms with Crippen molar-refractivity contribution in [3.8, 4) is 5.82 Å². The number of amides is 1. The van der Waals surface area contributed by atoms with E-state index in [1.54, 1.807) is 55.8 Å². The Morgan fingerprint density at radius 2 is 2.09 bits per heavy atom. The number of anilines is 3. The highest BCUT2D eigenvalue weighted by atomic mass is 16.3. The van der Waals surface area contributed by atoms with Gasteiger partial charge in [0, 0.05) is 25.5 Å². The minimum atomic E-state index is -0.534. The van der Waals surface area contributed by atoms with Crippen LogP contribution in [0.15, 0.2) is 59.8 Å². The summed E-state index contributed by atoms with van der Waals surface area (Å²) in [5.41, 5.74) is 0.587. The molecule has 0 radical (unpaired) electrons. The highest BCUT2D eigenvalue weighted by molar-refractivity contribution is 6.00. The molecule has 1 aliphatic carbocycles. The van der Waals surface area contributed by atoms with Gasteiger partial charge in [0.15, 0.2) is 5.65 Å². The normalized spacial score (nSPS) is 17.4. The summed E-state index contributed by atoms with van der Waals surface area (Å²) < 4.78 is 2.94. The second kappa shape index (κ2) is 8.36. The summed E-state index contributed by atoms with van der Waals surface area (Å²) in [6.45, 7) is 0. The summed E-state index contributed by atoms with van der Waals surface area (Å²) in [4.78, 5) is 34.6. The second-order valence-corrected chi connectivity index (χ2v) is 7.70. The third-order valence-electron chi connectivity index (χ3n) is 5.63. The number of carbonyl (C=O) groups excluding carboxylic acids is 1. The topological polar surface area (TPSA) is 138 Å². The Bertz CT molecular complexity index is 1380. The van der Waals surface area contributed by atoms with E-state index in [1.807, 2.05) is 0 Å². The Kier molecular flexibility index (Phi) is 5.23.